The first kappa shape index (κ1) is 12.7. The molecule has 2 rings (SSSR count). The summed E-state index contributed by atoms with van der Waals surface area (Å²) >= 11 is 6.16. The molecule has 2 aromatic rings. The lowest BCUT2D eigenvalue weighted by Crippen LogP contribution is -2.19. The van der Waals surface area contributed by atoms with Crippen molar-refractivity contribution in [1.82, 2.24) is 4.98 Å². The number of aromatic nitrogens is 1. The Kier molecular flexibility index (Phi) is 3.72. The van der Waals surface area contributed by atoms with E-state index in [1.807, 2.05) is 38.2 Å². The van der Waals surface area contributed by atoms with Gasteiger partial charge in [-0.25, -0.2) is 4.98 Å². The summed E-state index contributed by atoms with van der Waals surface area (Å²) < 4.78 is 0. The van der Waals surface area contributed by atoms with Gasteiger partial charge in [-0.15, -0.1) is 0 Å². The molecule has 0 unspecified atom stereocenters. The zero-order valence-corrected chi connectivity index (χ0v) is 11.3. The van der Waals surface area contributed by atoms with E-state index in [-0.39, 0.29) is 0 Å². The maximum absolute atomic E-state index is 6.16. The maximum Gasteiger partial charge on any atom is 0.131 e. The molecule has 0 saturated carbocycles. The standard InChI is InChI=1S/C14H16ClN3/c1-10-4-3-7-17-14(10)18(2)9-11-8-12(16)5-6-13(11)15/h3-8H,9,16H2,1-2H3. The molecule has 1 aromatic heterocycles. The summed E-state index contributed by atoms with van der Waals surface area (Å²) in [4.78, 5) is 6.44. The molecular weight excluding hydrogens is 246 g/mol. The number of aryl methyl sites for hydroxylation is 1. The van der Waals surface area contributed by atoms with Crippen LogP contribution in [0.2, 0.25) is 5.02 Å². The van der Waals surface area contributed by atoms with Gasteiger partial charge in [0.15, 0.2) is 0 Å². The molecule has 0 aliphatic carbocycles. The van der Waals surface area contributed by atoms with Crippen molar-refractivity contribution < 1.29 is 0 Å². The molecule has 0 radical (unpaired) electrons. The van der Waals surface area contributed by atoms with Gasteiger partial charge in [-0.05, 0) is 42.3 Å². The second-order valence-corrected chi connectivity index (χ2v) is 4.76. The molecule has 0 aliphatic heterocycles. The van der Waals surface area contributed by atoms with Gasteiger partial charge in [0.05, 0.1) is 0 Å². The molecule has 1 aromatic carbocycles. The minimum atomic E-state index is 0.682. The number of nitrogens with two attached hydrogens (primary N) is 1. The van der Waals surface area contributed by atoms with Crippen LogP contribution in [0.1, 0.15) is 11.1 Å². The zero-order valence-electron chi connectivity index (χ0n) is 10.5. The van der Waals surface area contributed by atoms with E-state index >= 15 is 0 Å². The predicted octanol–water partition coefficient (Wildman–Crippen LogP) is 3.26. The molecule has 0 amide bonds. The smallest absolute Gasteiger partial charge is 0.131 e. The van der Waals surface area contributed by atoms with Crippen LogP contribution in [0.25, 0.3) is 0 Å². The van der Waals surface area contributed by atoms with Crippen LogP contribution in [0.3, 0.4) is 0 Å². The number of nitrogen functional groups attached to an aromatic ring is 1. The lowest BCUT2D eigenvalue weighted by Gasteiger charge is -2.20. The number of nitrogens with zero attached hydrogens (tertiary/aromatic N) is 2. The zero-order chi connectivity index (χ0) is 13.1. The van der Waals surface area contributed by atoms with Crippen molar-refractivity contribution in [1.29, 1.82) is 0 Å². The number of benzene rings is 1. The number of hydrogen-bond acceptors (Lipinski definition) is 3. The van der Waals surface area contributed by atoms with E-state index in [4.69, 9.17) is 17.3 Å². The third-order valence-corrected chi connectivity index (χ3v) is 3.19. The number of anilines is 2. The highest BCUT2D eigenvalue weighted by molar-refractivity contribution is 6.31. The maximum atomic E-state index is 6.16. The van der Waals surface area contributed by atoms with E-state index in [2.05, 4.69) is 9.88 Å². The molecule has 0 spiro atoms. The molecule has 0 bridgehead atoms. The summed E-state index contributed by atoms with van der Waals surface area (Å²) in [5.41, 5.74) is 8.64. The van der Waals surface area contributed by atoms with Crippen molar-refractivity contribution in [2.75, 3.05) is 17.7 Å². The minimum absolute atomic E-state index is 0.682. The summed E-state index contributed by atoms with van der Waals surface area (Å²) in [5, 5.41) is 0.727. The second-order valence-electron chi connectivity index (χ2n) is 4.35. The van der Waals surface area contributed by atoms with E-state index in [9.17, 15) is 0 Å². The molecule has 2 N–H and O–H groups in total. The summed E-state index contributed by atoms with van der Waals surface area (Å²) in [5.74, 6) is 0.955. The van der Waals surface area contributed by atoms with Crippen LogP contribution in [-0.4, -0.2) is 12.0 Å². The Hall–Kier alpha value is -1.74. The van der Waals surface area contributed by atoms with Crippen molar-refractivity contribution in [3.63, 3.8) is 0 Å². The van der Waals surface area contributed by atoms with E-state index in [1.165, 1.54) is 0 Å². The van der Waals surface area contributed by atoms with E-state index in [0.717, 1.165) is 27.7 Å². The first-order valence-electron chi connectivity index (χ1n) is 5.74. The normalized spacial score (nSPS) is 10.4. The fourth-order valence-corrected chi connectivity index (χ4v) is 2.10. The number of pyridine rings is 1. The van der Waals surface area contributed by atoms with Crippen LogP contribution < -0.4 is 10.6 Å². The predicted molar refractivity (Wildman–Crippen MR) is 76.9 cm³/mol. The van der Waals surface area contributed by atoms with Crippen LogP contribution in [0.4, 0.5) is 11.5 Å². The van der Waals surface area contributed by atoms with Gasteiger partial charge in [0.1, 0.15) is 5.82 Å². The van der Waals surface area contributed by atoms with Crippen molar-refractivity contribution in [2.45, 2.75) is 13.5 Å². The Balaban J connectivity index is 2.24. The Morgan fingerprint density at radius 2 is 2.11 bits per heavy atom. The van der Waals surface area contributed by atoms with Gasteiger partial charge < -0.3 is 10.6 Å². The summed E-state index contributed by atoms with van der Waals surface area (Å²) in [6.07, 6.45) is 1.79. The van der Waals surface area contributed by atoms with Crippen LogP contribution in [0.5, 0.6) is 0 Å². The molecule has 0 atom stereocenters. The second kappa shape index (κ2) is 5.27. The van der Waals surface area contributed by atoms with Gasteiger partial charge >= 0.3 is 0 Å². The van der Waals surface area contributed by atoms with Gasteiger partial charge in [-0.1, -0.05) is 17.7 Å². The van der Waals surface area contributed by atoms with Gasteiger partial charge in [-0.2, -0.15) is 0 Å². The highest BCUT2D eigenvalue weighted by Gasteiger charge is 2.08. The lowest BCUT2D eigenvalue weighted by atomic mass is 10.2. The SMILES string of the molecule is Cc1cccnc1N(C)Cc1cc(N)ccc1Cl. The first-order chi connectivity index (χ1) is 8.58. The number of rotatable bonds is 3. The number of hydrogen-bond donors (Lipinski definition) is 1. The minimum Gasteiger partial charge on any atom is -0.399 e. The Morgan fingerprint density at radius 3 is 2.83 bits per heavy atom. The largest absolute Gasteiger partial charge is 0.399 e. The molecule has 3 nitrogen and oxygen atoms in total. The van der Waals surface area contributed by atoms with Gasteiger partial charge in [0.25, 0.3) is 0 Å². The average Bonchev–Trinajstić information content (AvgIpc) is 2.34. The molecule has 1 heterocycles. The van der Waals surface area contributed by atoms with E-state index in [1.54, 1.807) is 12.3 Å². The van der Waals surface area contributed by atoms with Crippen molar-refractivity contribution in [3.05, 3.63) is 52.7 Å². The van der Waals surface area contributed by atoms with Gasteiger partial charge in [-0.3, -0.25) is 0 Å². The molecule has 0 fully saturated rings. The number of halogens is 1. The van der Waals surface area contributed by atoms with Crippen molar-refractivity contribution >= 4 is 23.1 Å². The van der Waals surface area contributed by atoms with Crippen molar-refractivity contribution in [3.8, 4) is 0 Å². The van der Waals surface area contributed by atoms with Crippen LogP contribution in [-0.2, 0) is 6.54 Å². The fraction of sp³-hybridized carbons (Fsp3) is 0.214. The highest BCUT2D eigenvalue weighted by Crippen LogP contribution is 2.23. The van der Waals surface area contributed by atoms with E-state index < -0.39 is 0 Å². The Morgan fingerprint density at radius 1 is 1.33 bits per heavy atom. The summed E-state index contributed by atoms with van der Waals surface area (Å²) in [7, 11) is 1.99. The van der Waals surface area contributed by atoms with Crippen molar-refractivity contribution in [2.24, 2.45) is 0 Å². The molecule has 94 valence electrons. The average molecular weight is 262 g/mol. The summed E-state index contributed by atoms with van der Waals surface area (Å²) in [6.45, 7) is 2.72. The van der Waals surface area contributed by atoms with Crippen LogP contribution >= 0.6 is 11.6 Å². The monoisotopic (exact) mass is 261 g/mol. The molecular formula is C14H16ClN3. The molecule has 0 saturated heterocycles. The van der Waals surface area contributed by atoms with Gasteiger partial charge in [0, 0.05) is 30.5 Å². The lowest BCUT2D eigenvalue weighted by molar-refractivity contribution is 0.891. The van der Waals surface area contributed by atoms with Crippen LogP contribution in [0.15, 0.2) is 36.5 Å². The molecule has 18 heavy (non-hydrogen) atoms. The Bertz CT molecular complexity index is 554. The quantitative estimate of drug-likeness (QED) is 0.863. The van der Waals surface area contributed by atoms with Gasteiger partial charge in [0.2, 0.25) is 0 Å². The van der Waals surface area contributed by atoms with Crippen LogP contribution in [0, 0.1) is 6.92 Å². The topological polar surface area (TPSA) is 42.2 Å². The first-order valence-corrected chi connectivity index (χ1v) is 6.12. The Labute approximate surface area is 112 Å². The summed E-state index contributed by atoms with van der Waals surface area (Å²) in [6, 6.07) is 9.50. The fourth-order valence-electron chi connectivity index (χ4n) is 1.92. The third kappa shape index (κ3) is 2.74. The molecule has 0 aliphatic rings. The van der Waals surface area contributed by atoms with E-state index in [0.29, 0.717) is 6.54 Å². The molecule has 4 heteroatoms. The highest BCUT2D eigenvalue weighted by atomic mass is 35.5. The third-order valence-electron chi connectivity index (χ3n) is 2.82.